The number of rotatable bonds is 4. The van der Waals surface area contributed by atoms with Gasteiger partial charge in [0.05, 0.1) is 12.1 Å². The van der Waals surface area contributed by atoms with Crippen LogP contribution in [0.4, 0.5) is 4.39 Å². The van der Waals surface area contributed by atoms with Crippen LogP contribution < -0.4 is 10.1 Å². The minimum absolute atomic E-state index is 0.0785. The Bertz CT molecular complexity index is 609. The quantitative estimate of drug-likeness (QED) is 0.868. The number of carboxylic acids is 1. The molecule has 0 radical (unpaired) electrons. The highest BCUT2D eigenvalue weighted by molar-refractivity contribution is 6.32. The first kappa shape index (κ1) is 17.5. The Balaban J connectivity index is 1.59. The van der Waals surface area contributed by atoms with Crippen molar-refractivity contribution >= 4 is 17.6 Å². The first-order chi connectivity index (χ1) is 11.4. The van der Waals surface area contributed by atoms with Crippen LogP contribution in [0.5, 0.6) is 5.75 Å². The molecule has 1 aromatic carbocycles. The summed E-state index contributed by atoms with van der Waals surface area (Å²) in [4.78, 5) is 13.4. The van der Waals surface area contributed by atoms with Gasteiger partial charge in [-0.1, -0.05) is 11.6 Å². The van der Waals surface area contributed by atoms with Crippen molar-refractivity contribution in [1.82, 2.24) is 10.2 Å². The molecular weight excluding hydrogens is 335 g/mol. The minimum atomic E-state index is -0.766. The second kappa shape index (κ2) is 6.86. The molecule has 2 saturated heterocycles. The van der Waals surface area contributed by atoms with E-state index in [0.29, 0.717) is 13.0 Å². The molecule has 1 unspecified atom stereocenters. The lowest BCUT2D eigenvalue weighted by molar-refractivity contribution is -0.139. The van der Waals surface area contributed by atoms with Gasteiger partial charge in [-0.3, -0.25) is 9.69 Å². The van der Waals surface area contributed by atoms with Gasteiger partial charge in [0.15, 0.2) is 11.6 Å². The third-order valence-corrected chi connectivity index (χ3v) is 5.52. The van der Waals surface area contributed by atoms with Gasteiger partial charge in [-0.2, -0.15) is 0 Å². The number of piperidine rings is 1. The minimum Gasteiger partial charge on any atom is -0.492 e. The van der Waals surface area contributed by atoms with Gasteiger partial charge in [-0.25, -0.2) is 4.39 Å². The van der Waals surface area contributed by atoms with E-state index in [1.807, 2.05) is 0 Å². The molecule has 2 heterocycles. The lowest BCUT2D eigenvalue weighted by Gasteiger charge is -2.39. The summed E-state index contributed by atoms with van der Waals surface area (Å²) in [6.45, 7) is 3.14. The van der Waals surface area contributed by atoms with Crippen molar-refractivity contribution in [2.24, 2.45) is 5.41 Å². The molecule has 2 aliphatic rings. The number of hydrogen-bond acceptors (Lipinski definition) is 4. The summed E-state index contributed by atoms with van der Waals surface area (Å²) in [5.74, 6) is -1.13. The van der Waals surface area contributed by atoms with Crippen LogP contribution in [0.15, 0.2) is 12.1 Å². The third-order valence-electron chi connectivity index (χ3n) is 5.24. The van der Waals surface area contributed by atoms with E-state index >= 15 is 0 Å². The van der Waals surface area contributed by atoms with Crippen LogP contribution in [-0.4, -0.2) is 48.8 Å². The number of carbonyl (C=O) groups is 1. The van der Waals surface area contributed by atoms with Crippen molar-refractivity contribution in [2.75, 3.05) is 26.7 Å². The number of halogens is 2. The SMILES string of the molecule is COc1c(F)cc(CN2CCC3(CC2)CNC(C(=O)O)C3)cc1Cl. The smallest absolute Gasteiger partial charge is 0.320 e. The fraction of sp³-hybridized carbons (Fsp3) is 0.588. The van der Waals surface area contributed by atoms with Crippen molar-refractivity contribution in [3.05, 3.63) is 28.5 Å². The Labute approximate surface area is 145 Å². The maximum atomic E-state index is 13.9. The fourth-order valence-electron chi connectivity index (χ4n) is 3.81. The van der Waals surface area contributed by atoms with E-state index < -0.39 is 17.8 Å². The summed E-state index contributed by atoms with van der Waals surface area (Å²) in [6.07, 6.45) is 2.60. The predicted molar refractivity (Wildman–Crippen MR) is 88.9 cm³/mol. The van der Waals surface area contributed by atoms with Crippen molar-refractivity contribution in [1.29, 1.82) is 0 Å². The van der Waals surface area contributed by atoms with Gasteiger partial charge in [0.1, 0.15) is 6.04 Å². The van der Waals surface area contributed by atoms with Gasteiger partial charge in [0.25, 0.3) is 0 Å². The number of ether oxygens (including phenoxy) is 1. The molecule has 0 aliphatic carbocycles. The molecule has 5 nitrogen and oxygen atoms in total. The Morgan fingerprint density at radius 2 is 2.21 bits per heavy atom. The maximum absolute atomic E-state index is 13.9. The van der Waals surface area contributed by atoms with Crippen LogP contribution in [0, 0.1) is 11.2 Å². The molecule has 0 bridgehead atoms. The molecule has 0 amide bonds. The molecule has 1 spiro atoms. The first-order valence-corrected chi connectivity index (χ1v) is 8.51. The molecule has 1 atom stereocenters. The normalized spacial score (nSPS) is 23.5. The zero-order chi connectivity index (χ0) is 17.3. The van der Waals surface area contributed by atoms with Crippen LogP contribution in [0.2, 0.25) is 5.02 Å². The van der Waals surface area contributed by atoms with Gasteiger partial charge in [0, 0.05) is 13.1 Å². The fourth-order valence-corrected chi connectivity index (χ4v) is 4.12. The molecule has 24 heavy (non-hydrogen) atoms. The van der Waals surface area contributed by atoms with Gasteiger partial charge in [-0.15, -0.1) is 0 Å². The Kier molecular flexibility index (Phi) is 4.99. The highest BCUT2D eigenvalue weighted by Crippen LogP contribution is 2.40. The Morgan fingerprint density at radius 3 is 2.75 bits per heavy atom. The second-order valence-corrected chi connectivity index (χ2v) is 7.25. The van der Waals surface area contributed by atoms with Crippen molar-refractivity contribution in [3.63, 3.8) is 0 Å². The molecule has 0 aromatic heterocycles. The standard InChI is InChI=1S/C17H22ClFN2O3/c1-24-15-12(18)6-11(7-13(15)19)9-21-4-2-17(3-5-21)8-14(16(22)23)20-10-17/h6-7,14,20H,2-5,8-10H2,1H3,(H,22,23). The van der Waals surface area contributed by atoms with Crippen LogP contribution in [-0.2, 0) is 11.3 Å². The summed E-state index contributed by atoms with van der Waals surface area (Å²) in [7, 11) is 1.40. The van der Waals surface area contributed by atoms with Crippen LogP contribution in [0.1, 0.15) is 24.8 Å². The predicted octanol–water partition coefficient (Wildman–Crippen LogP) is 2.52. The van der Waals surface area contributed by atoms with Crippen molar-refractivity contribution in [2.45, 2.75) is 31.8 Å². The van der Waals surface area contributed by atoms with E-state index in [9.17, 15) is 9.18 Å². The zero-order valence-corrected chi connectivity index (χ0v) is 14.4. The van der Waals surface area contributed by atoms with Crippen LogP contribution in [0.3, 0.4) is 0 Å². The summed E-state index contributed by atoms with van der Waals surface area (Å²) < 4.78 is 18.9. The molecule has 2 aliphatic heterocycles. The zero-order valence-electron chi connectivity index (χ0n) is 13.6. The summed E-state index contributed by atoms with van der Waals surface area (Å²) in [5, 5.41) is 12.5. The number of hydrogen-bond donors (Lipinski definition) is 2. The number of carboxylic acid groups (broad SMARTS) is 1. The van der Waals surface area contributed by atoms with E-state index in [0.717, 1.165) is 38.0 Å². The second-order valence-electron chi connectivity index (χ2n) is 6.84. The van der Waals surface area contributed by atoms with Crippen molar-refractivity contribution < 1.29 is 19.0 Å². The lowest BCUT2D eigenvalue weighted by Crippen LogP contribution is -2.40. The summed E-state index contributed by atoms with van der Waals surface area (Å²) >= 11 is 6.05. The van der Waals surface area contributed by atoms with Crippen LogP contribution >= 0.6 is 11.6 Å². The van der Waals surface area contributed by atoms with E-state index in [1.54, 1.807) is 6.07 Å². The van der Waals surface area contributed by atoms with E-state index in [4.69, 9.17) is 21.4 Å². The number of nitrogens with one attached hydrogen (secondary N) is 1. The van der Waals surface area contributed by atoms with Gasteiger partial charge in [0.2, 0.25) is 0 Å². The molecule has 2 fully saturated rings. The number of aliphatic carboxylic acids is 1. The molecule has 0 saturated carbocycles. The van der Waals surface area contributed by atoms with Gasteiger partial charge < -0.3 is 15.2 Å². The average Bonchev–Trinajstić information content (AvgIpc) is 2.94. The number of likely N-dealkylation sites (tertiary alicyclic amines) is 1. The number of methoxy groups -OCH3 is 1. The molecule has 132 valence electrons. The highest BCUT2D eigenvalue weighted by atomic mass is 35.5. The average molecular weight is 357 g/mol. The molecule has 2 N–H and O–H groups in total. The molecular formula is C17H22ClFN2O3. The number of benzene rings is 1. The van der Waals surface area contributed by atoms with Crippen LogP contribution in [0.25, 0.3) is 0 Å². The van der Waals surface area contributed by atoms with E-state index in [2.05, 4.69) is 10.2 Å². The third kappa shape index (κ3) is 3.50. The summed E-state index contributed by atoms with van der Waals surface area (Å²) in [5.41, 5.74) is 0.907. The molecule has 7 heteroatoms. The highest BCUT2D eigenvalue weighted by Gasteiger charge is 2.43. The Morgan fingerprint density at radius 1 is 1.50 bits per heavy atom. The first-order valence-electron chi connectivity index (χ1n) is 8.13. The monoisotopic (exact) mass is 356 g/mol. The van der Waals surface area contributed by atoms with Crippen molar-refractivity contribution in [3.8, 4) is 5.75 Å². The maximum Gasteiger partial charge on any atom is 0.320 e. The topological polar surface area (TPSA) is 61.8 Å². The van der Waals surface area contributed by atoms with Gasteiger partial charge >= 0.3 is 5.97 Å². The van der Waals surface area contributed by atoms with Gasteiger partial charge in [-0.05, 0) is 55.5 Å². The summed E-state index contributed by atoms with van der Waals surface area (Å²) in [6, 6.07) is 2.78. The van der Waals surface area contributed by atoms with E-state index in [-0.39, 0.29) is 16.2 Å². The largest absolute Gasteiger partial charge is 0.492 e. The number of nitrogens with zero attached hydrogens (tertiary/aromatic N) is 1. The van der Waals surface area contributed by atoms with E-state index in [1.165, 1.54) is 13.2 Å². The molecule has 3 rings (SSSR count). The lowest BCUT2D eigenvalue weighted by atomic mass is 9.76. The Hall–Kier alpha value is -1.37. The molecule has 1 aromatic rings.